The monoisotopic (exact) mass is 437 g/mol. The Bertz CT molecular complexity index is 1160. The molecule has 4 nitrogen and oxygen atoms in total. The van der Waals surface area contributed by atoms with Crippen molar-refractivity contribution >= 4 is 11.4 Å². The summed E-state index contributed by atoms with van der Waals surface area (Å²) in [5.74, 6) is -0.496. The molecule has 0 aliphatic carbocycles. The molecule has 0 saturated heterocycles. The van der Waals surface area contributed by atoms with E-state index in [2.05, 4.69) is 4.98 Å². The number of anilines is 2. The normalized spacial score (nSPS) is 13.5. The van der Waals surface area contributed by atoms with E-state index >= 15 is 0 Å². The maximum Gasteiger partial charge on any atom is 0.426 e. The van der Waals surface area contributed by atoms with Crippen molar-refractivity contribution in [2.75, 3.05) is 11.4 Å². The molecule has 3 aromatic carbocycles. The van der Waals surface area contributed by atoms with Gasteiger partial charge in [0.2, 0.25) is 5.60 Å². The first-order valence-corrected chi connectivity index (χ1v) is 10.1. The van der Waals surface area contributed by atoms with E-state index in [0.29, 0.717) is 17.1 Å². The summed E-state index contributed by atoms with van der Waals surface area (Å²) in [4.78, 5) is 5.41. The molecule has 7 heteroatoms. The highest BCUT2D eigenvalue weighted by atomic mass is 19.4. The number of para-hydroxylation sites is 2. The van der Waals surface area contributed by atoms with Crippen LogP contribution in [0.2, 0.25) is 0 Å². The lowest BCUT2D eigenvalue weighted by molar-refractivity contribution is -0.265. The Labute approximate surface area is 184 Å². The van der Waals surface area contributed by atoms with Crippen LogP contribution >= 0.6 is 0 Å². The lowest BCUT2D eigenvalue weighted by Gasteiger charge is -2.36. The van der Waals surface area contributed by atoms with E-state index in [4.69, 9.17) is 0 Å². The fourth-order valence-electron chi connectivity index (χ4n) is 3.59. The molecule has 164 valence electrons. The topological polar surface area (TPSA) is 41.3 Å². The number of imidazole rings is 1. The van der Waals surface area contributed by atoms with E-state index in [0.717, 1.165) is 5.56 Å². The molecular weight excluding hydrogens is 415 g/mol. The van der Waals surface area contributed by atoms with E-state index in [9.17, 15) is 18.3 Å². The molecule has 0 amide bonds. The molecule has 4 aromatic rings. The van der Waals surface area contributed by atoms with E-state index in [1.165, 1.54) is 21.9 Å². The SMILES string of the molecule is Cc1ccc(N(C[C@](O)(c2nccn2-c2ccccc2)C(F)(F)F)c2ccccc2)cc1. The fourth-order valence-corrected chi connectivity index (χ4v) is 3.59. The van der Waals surface area contributed by atoms with Crippen LogP contribution in [-0.2, 0) is 5.60 Å². The highest BCUT2D eigenvalue weighted by molar-refractivity contribution is 5.64. The molecule has 0 bridgehead atoms. The highest BCUT2D eigenvalue weighted by Gasteiger charge is 2.59. The number of aliphatic hydroxyl groups is 1. The summed E-state index contributed by atoms with van der Waals surface area (Å²) in [5, 5.41) is 11.2. The first-order chi connectivity index (χ1) is 15.3. The van der Waals surface area contributed by atoms with Crippen LogP contribution in [0.25, 0.3) is 5.69 Å². The maximum atomic E-state index is 14.5. The third kappa shape index (κ3) is 4.11. The van der Waals surface area contributed by atoms with Crippen molar-refractivity contribution in [2.45, 2.75) is 18.7 Å². The second-order valence-corrected chi connectivity index (χ2v) is 7.57. The number of rotatable bonds is 6. The average Bonchev–Trinajstić information content (AvgIpc) is 3.29. The minimum absolute atomic E-state index is 0.476. The predicted octanol–water partition coefficient (Wildman–Crippen LogP) is 5.77. The molecule has 0 aliphatic rings. The van der Waals surface area contributed by atoms with Crippen LogP contribution in [0.5, 0.6) is 0 Å². The van der Waals surface area contributed by atoms with E-state index < -0.39 is 24.1 Å². The fraction of sp³-hybridized carbons (Fsp3) is 0.160. The van der Waals surface area contributed by atoms with Crippen LogP contribution in [0, 0.1) is 6.92 Å². The third-order valence-electron chi connectivity index (χ3n) is 5.31. The number of benzene rings is 3. The molecule has 0 fully saturated rings. The Hall–Kier alpha value is -3.58. The Morgan fingerprint density at radius 1 is 0.844 bits per heavy atom. The van der Waals surface area contributed by atoms with Gasteiger partial charge in [-0.1, -0.05) is 54.1 Å². The summed E-state index contributed by atoms with van der Waals surface area (Å²) in [6.07, 6.45) is -2.31. The Morgan fingerprint density at radius 3 is 2.00 bits per heavy atom. The van der Waals surface area contributed by atoms with Crippen molar-refractivity contribution in [3.8, 4) is 5.69 Å². The smallest absolute Gasteiger partial charge is 0.373 e. The molecule has 0 radical (unpaired) electrons. The van der Waals surface area contributed by atoms with Gasteiger partial charge in [-0.2, -0.15) is 13.2 Å². The number of aromatic nitrogens is 2. The van der Waals surface area contributed by atoms with Crippen LogP contribution in [0.1, 0.15) is 11.4 Å². The van der Waals surface area contributed by atoms with Crippen LogP contribution in [0.3, 0.4) is 0 Å². The number of hydrogen-bond acceptors (Lipinski definition) is 3. The summed E-state index contributed by atoms with van der Waals surface area (Å²) in [6, 6.07) is 24.3. The van der Waals surface area contributed by atoms with Gasteiger partial charge < -0.3 is 14.6 Å². The second kappa shape index (κ2) is 8.51. The van der Waals surface area contributed by atoms with Gasteiger partial charge in [-0.25, -0.2) is 4.98 Å². The van der Waals surface area contributed by atoms with Crippen molar-refractivity contribution in [1.29, 1.82) is 0 Å². The molecule has 32 heavy (non-hydrogen) atoms. The maximum absolute atomic E-state index is 14.5. The molecule has 0 spiro atoms. The van der Waals surface area contributed by atoms with Gasteiger partial charge in [-0.05, 0) is 43.3 Å². The van der Waals surface area contributed by atoms with Gasteiger partial charge in [0.05, 0.1) is 6.54 Å². The number of alkyl halides is 3. The summed E-state index contributed by atoms with van der Waals surface area (Å²) in [6.45, 7) is 1.13. The summed E-state index contributed by atoms with van der Waals surface area (Å²) in [7, 11) is 0. The first-order valence-electron chi connectivity index (χ1n) is 10.1. The van der Waals surface area contributed by atoms with Crippen molar-refractivity contribution in [1.82, 2.24) is 9.55 Å². The second-order valence-electron chi connectivity index (χ2n) is 7.57. The minimum Gasteiger partial charge on any atom is -0.373 e. The van der Waals surface area contributed by atoms with Gasteiger partial charge in [-0.15, -0.1) is 0 Å². The zero-order chi connectivity index (χ0) is 22.8. The Morgan fingerprint density at radius 2 is 1.41 bits per heavy atom. The number of aryl methyl sites for hydroxylation is 1. The zero-order valence-electron chi connectivity index (χ0n) is 17.4. The van der Waals surface area contributed by atoms with Crippen LogP contribution in [-0.4, -0.2) is 27.4 Å². The molecule has 1 aromatic heterocycles. The number of nitrogens with zero attached hydrogens (tertiary/aromatic N) is 3. The summed E-state index contributed by atoms with van der Waals surface area (Å²) in [5.41, 5.74) is -0.733. The Kier molecular flexibility index (Phi) is 5.76. The summed E-state index contributed by atoms with van der Waals surface area (Å²) < 4.78 is 44.7. The van der Waals surface area contributed by atoms with Crippen molar-refractivity contribution < 1.29 is 18.3 Å². The molecule has 0 unspecified atom stereocenters. The molecule has 0 saturated carbocycles. The van der Waals surface area contributed by atoms with Crippen LogP contribution in [0.15, 0.2) is 97.3 Å². The summed E-state index contributed by atoms with van der Waals surface area (Å²) >= 11 is 0. The number of halogens is 3. The van der Waals surface area contributed by atoms with Gasteiger partial charge in [0.25, 0.3) is 0 Å². The number of hydrogen-bond donors (Lipinski definition) is 1. The molecule has 4 rings (SSSR count). The van der Waals surface area contributed by atoms with Crippen LogP contribution < -0.4 is 4.90 Å². The standard InChI is InChI=1S/C25H22F3N3O/c1-19-12-14-22(15-13-19)31(21-10-6-3-7-11-21)18-24(32,25(26,27)28)23-29-16-17-30(23)20-8-4-2-5-9-20/h2-17,32H,18H2,1H3/t24-/m0/s1. The van der Waals surface area contributed by atoms with Gasteiger partial charge in [-0.3, -0.25) is 0 Å². The first kappa shape index (κ1) is 21.6. The lowest BCUT2D eigenvalue weighted by Crippen LogP contribution is -2.51. The van der Waals surface area contributed by atoms with Gasteiger partial charge in [0.1, 0.15) is 0 Å². The Balaban J connectivity index is 1.85. The van der Waals surface area contributed by atoms with E-state index in [1.54, 1.807) is 72.8 Å². The van der Waals surface area contributed by atoms with E-state index in [-0.39, 0.29) is 0 Å². The lowest BCUT2D eigenvalue weighted by atomic mass is 9.99. The predicted molar refractivity (Wildman–Crippen MR) is 118 cm³/mol. The molecule has 1 heterocycles. The largest absolute Gasteiger partial charge is 0.426 e. The third-order valence-corrected chi connectivity index (χ3v) is 5.31. The zero-order valence-corrected chi connectivity index (χ0v) is 17.4. The highest BCUT2D eigenvalue weighted by Crippen LogP contribution is 2.42. The quantitative estimate of drug-likeness (QED) is 0.416. The minimum atomic E-state index is -4.98. The van der Waals surface area contributed by atoms with Gasteiger partial charge >= 0.3 is 6.18 Å². The van der Waals surface area contributed by atoms with Crippen LogP contribution in [0.4, 0.5) is 24.5 Å². The molecule has 0 aliphatic heterocycles. The molecule has 1 atom stereocenters. The molecule has 1 N–H and O–H groups in total. The van der Waals surface area contributed by atoms with Gasteiger partial charge in [0, 0.05) is 29.5 Å². The van der Waals surface area contributed by atoms with Crippen molar-refractivity contribution in [2.24, 2.45) is 0 Å². The molecular formula is C25H22F3N3O. The van der Waals surface area contributed by atoms with Gasteiger partial charge in [0.15, 0.2) is 5.82 Å². The van der Waals surface area contributed by atoms with Crippen molar-refractivity contribution in [3.05, 3.63) is 109 Å². The van der Waals surface area contributed by atoms with E-state index in [1.807, 2.05) is 19.1 Å². The van der Waals surface area contributed by atoms with Crippen molar-refractivity contribution in [3.63, 3.8) is 0 Å². The average molecular weight is 437 g/mol.